The SMILES string of the molecule is COc1cc([O-])c(C(C=O)C(O)C=O)c2oc(=O)c3c(c12)COC3=O. The first-order chi connectivity index (χ1) is 11.9. The van der Waals surface area contributed by atoms with E-state index < -0.39 is 29.4 Å². The number of carbonyl (C=O) groups excluding carboxylic acids is 3. The Morgan fingerprint density at radius 2 is 2.04 bits per heavy atom. The Balaban J connectivity index is 2.48. The van der Waals surface area contributed by atoms with Crippen LogP contribution in [-0.4, -0.2) is 36.9 Å². The van der Waals surface area contributed by atoms with Crippen LogP contribution in [-0.2, 0) is 20.9 Å². The molecule has 0 saturated heterocycles. The van der Waals surface area contributed by atoms with E-state index >= 15 is 0 Å². The van der Waals surface area contributed by atoms with Gasteiger partial charge in [0.15, 0.2) is 5.56 Å². The minimum absolute atomic E-state index is 0.00675. The van der Waals surface area contributed by atoms with E-state index in [1.165, 1.54) is 7.11 Å². The molecule has 2 unspecified atom stereocenters. The van der Waals surface area contributed by atoms with Gasteiger partial charge in [-0.25, -0.2) is 9.59 Å². The fourth-order valence-corrected chi connectivity index (χ4v) is 2.85. The van der Waals surface area contributed by atoms with E-state index in [2.05, 4.69) is 0 Å². The number of hydrogen-bond donors (Lipinski definition) is 1. The van der Waals surface area contributed by atoms with Gasteiger partial charge in [-0.1, -0.05) is 5.75 Å². The van der Waals surface area contributed by atoms with Crippen LogP contribution in [0.2, 0.25) is 0 Å². The smallest absolute Gasteiger partial charge is 0.351 e. The number of aliphatic hydroxyl groups is 1. The van der Waals surface area contributed by atoms with E-state index in [4.69, 9.17) is 13.9 Å². The Morgan fingerprint density at radius 3 is 2.64 bits per heavy atom. The van der Waals surface area contributed by atoms with Gasteiger partial charge in [-0.05, 0) is 6.07 Å². The van der Waals surface area contributed by atoms with E-state index in [1.807, 2.05) is 0 Å². The maximum atomic E-state index is 12.4. The highest BCUT2D eigenvalue weighted by Gasteiger charge is 2.33. The van der Waals surface area contributed by atoms with Crippen molar-refractivity contribution in [3.8, 4) is 11.5 Å². The summed E-state index contributed by atoms with van der Waals surface area (Å²) in [4.78, 5) is 46.0. The highest BCUT2D eigenvalue weighted by atomic mass is 16.5. The molecule has 130 valence electrons. The van der Waals surface area contributed by atoms with Crippen molar-refractivity contribution in [2.75, 3.05) is 7.11 Å². The molecule has 9 heteroatoms. The molecule has 0 amide bonds. The zero-order valence-electron chi connectivity index (χ0n) is 12.8. The maximum Gasteiger partial charge on any atom is 0.351 e. The van der Waals surface area contributed by atoms with Crippen molar-refractivity contribution in [3.05, 3.63) is 33.2 Å². The molecule has 9 nitrogen and oxygen atoms in total. The number of cyclic esters (lactones) is 1. The quantitative estimate of drug-likeness (QED) is 0.425. The van der Waals surface area contributed by atoms with Crippen LogP contribution in [0, 0.1) is 0 Å². The first-order valence-corrected chi connectivity index (χ1v) is 7.07. The molecule has 1 aromatic heterocycles. The van der Waals surface area contributed by atoms with E-state index in [1.54, 1.807) is 0 Å². The first-order valence-electron chi connectivity index (χ1n) is 7.07. The lowest BCUT2D eigenvalue weighted by Gasteiger charge is -2.23. The van der Waals surface area contributed by atoms with Gasteiger partial charge < -0.3 is 33.7 Å². The van der Waals surface area contributed by atoms with E-state index in [-0.39, 0.29) is 52.6 Å². The number of aldehydes is 2. The fourth-order valence-electron chi connectivity index (χ4n) is 2.85. The second-order valence-corrected chi connectivity index (χ2v) is 5.30. The van der Waals surface area contributed by atoms with Gasteiger partial charge >= 0.3 is 11.6 Å². The van der Waals surface area contributed by atoms with E-state index in [0.29, 0.717) is 0 Å². The predicted octanol–water partition coefficient (Wildman–Crippen LogP) is -0.612. The maximum absolute atomic E-state index is 12.4. The molecule has 2 heterocycles. The summed E-state index contributed by atoms with van der Waals surface area (Å²) in [7, 11) is 1.26. The van der Waals surface area contributed by atoms with Crippen LogP contribution in [0.15, 0.2) is 15.3 Å². The summed E-state index contributed by atoms with van der Waals surface area (Å²) in [5.41, 5.74) is -1.92. The van der Waals surface area contributed by atoms with Crippen molar-refractivity contribution in [2.45, 2.75) is 18.6 Å². The average molecular weight is 347 g/mol. The number of hydrogen-bond acceptors (Lipinski definition) is 9. The molecule has 2 atom stereocenters. The van der Waals surface area contributed by atoms with Gasteiger partial charge in [0.25, 0.3) is 0 Å². The Hall–Kier alpha value is -3.20. The normalized spacial score (nSPS) is 15.4. The summed E-state index contributed by atoms with van der Waals surface area (Å²) < 4.78 is 15.0. The summed E-state index contributed by atoms with van der Waals surface area (Å²) in [5, 5.41) is 22.2. The predicted molar refractivity (Wildman–Crippen MR) is 78.5 cm³/mol. The fraction of sp³-hybridized carbons (Fsp3) is 0.250. The highest BCUT2D eigenvalue weighted by Crippen LogP contribution is 2.41. The Morgan fingerprint density at radius 1 is 1.32 bits per heavy atom. The number of rotatable bonds is 5. The number of methoxy groups -OCH3 is 1. The van der Waals surface area contributed by atoms with Crippen molar-refractivity contribution in [3.63, 3.8) is 0 Å². The van der Waals surface area contributed by atoms with Gasteiger partial charge in [-0.15, -0.1) is 0 Å². The standard InChI is InChI=1S/C16H12O9/c1-23-10-2-8(19)11(6(3-17)9(20)4-18)14-12(10)7-5-24-15(21)13(7)16(22)25-14/h2-4,6,9,19-20H,5H2,1H3/p-1. The molecule has 1 aliphatic rings. The van der Waals surface area contributed by atoms with Crippen molar-refractivity contribution in [2.24, 2.45) is 0 Å². The molecule has 0 bridgehead atoms. The molecular weight excluding hydrogens is 336 g/mol. The molecule has 25 heavy (non-hydrogen) atoms. The van der Waals surface area contributed by atoms with Crippen molar-refractivity contribution >= 4 is 29.5 Å². The lowest BCUT2D eigenvalue weighted by Crippen LogP contribution is -2.23. The van der Waals surface area contributed by atoms with Gasteiger partial charge in [0.1, 0.15) is 36.6 Å². The minimum Gasteiger partial charge on any atom is -0.872 e. The molecule has 1 N–H and O–H groups in total. The molecule has 0 aliphatic carbocycles. The molecule has 3 rings (SSSR count). The van der Waals surface area contributed by atoms with Crippen LogP contribution in [0.25, 0.3) is 11.0 Å². The minimum atomic E-state index is -1.81. The summed E-state index contributed by atoms with van der Waals surface area (Å²) in [6.45, 7) is -0.244. The third-order valence-electron chi connectivity index (χ3n) is 4.01. The van der Waals surface area contributed by atoms with Crippen molar-refractivity contribution in [1.29, 1.82) is 0 Å². The van der Waals surface area contributed by atoms with Crippen LogP contribution in [0.4, 0.5) is 0 Å². The van der Waals surface area contributed by atoms with Gasteiger partial charge in [0.2, 0.25) is 0 Å². The molecule has 0 radical (unpaired) electrons. The largest absolute Gasteiger partial charge is 0.872 e. The molecular formula is C16H11O9-. The first kappa shape index (κ1) is 16.7. The van der Waals surface area contributed by atoms with Crippen LogP contribution < -0.4 is 15.5 Å². The topological polar surface area (TPSA) is 143 Å². The van der Waals surface area contributed by atoms with Crippen LogP contribution in [0.1, 0.15) is 27.4 Å². The van der Waals surface area contributed by atoms with E-state index in [0.717, 1.165) is 6.07 Å². The number of ether oxygens (including phenoxy) is 2. The van der Waals surface area contributed by atoms with Crippen molar-refractivity contribution < 1.29 is 38.5 Å². The molecule has 0 fully saturated rings. The second kappa shape index (κ2) is 6.02. The zero-order chi connectivity index (χ0) is 18.3. The molecule has 0 spiro atoms. The lowest BCUT2D eigenvalue weighted by atomic mass is 9.91. The number of fused-ring (bicyclic) bond motifs is 3. The average Bonchev–Trinajstić information content (AvgIpc) is 2.99. The summed E-state index contributed by atoms with van der Waals surface area (Å²) in [6, 6.07) is 1.02. The van der Waals surface area contributed by atoms with Gasteiger partial charge in [0.05, 0.1) is 18.4 Å². The molecule has 1 aromatic carbocycles. The third-order valence-corrected chi connectivity index (χ3v) is 4.01. The number of aliphatic hydroxyl groups excluding tert-OH is 1. The van der Waals surface area contributed by atoms with Crippen molar-refractivity contribution in [1.82, 2.24) is 0 Å². The van der Waals surface area contributed by atoms with E-state index in [9.17, 15) is 29.4 Å². The molecule has 2 aromatic rings. The van der Waals surface area contributed by atoms with Gasteiger partial charge in [-0.2, -0.15) is 0 Å². The Kier molecular flexibility index (Phi) is 4.01. The summed E-state index contributed by atoms with van der Waals surface area (Å²) >= 11 is 0. The zero-order valence-corrected chi connectivity index (χ0v) is 12.8. The summed E-state index contributed by atoms with van der Waals surface area (Å²) in [6.07, 6.45) is -1.51. The van der Waals surface area contributed by atoms with Gasteiger partial charge in [0, 0.05) is 11.1 Å². The Labute approximate surface area is 139 Å². The van der Waals surface area contributed by atoms with Crippen LogP contribution in [0.3, 0.4) is 0 Å². The summed E-state index contributed by atoms with van der Waals surface area (Å²) in [5.74, 6) is -3.18. The number of benzene rings is 1. The molecule has 1 aliphatic heterocycles. The van der Waals surface area contributed by atoms with Gasteiger partial charge in [-0.3, -0.25) is 0 Å². The number of carbonyl (C=O) groups is 3. The monoisotopic (exact) mass is 347 g/mol. The third kappa shape index (κ3) is 2.36. The van der Waals surface area contributed by atoms with Crippen LogP contribution >= 0.6 is 0 Å². The second-order valence-electron chi connectivity index (χ2n) is 5.30. The van der Waals surface area contributed by atoms with Crippen LogP contribution in [0.5, 0.6) is 11.5 Å². The number of esters is 1. The molecule has 0 saturated carbocycles. The highest BCUT2D eigenvalue weighted by molar-refractivity contribution is 6.02. The lowest BCUT2D eigenvalue weighted by molar-refractivity contribution is -0.269. The Bertz CT molecular complexity index is 956.